The summed E-state index contributed by atoms with van der Waals surface area (Å²) in [7, 11) is 0. The zero-order chi connectivity index (χ0) is 24.4. The van der Waals surface area contributed by atoms with Crippen LogP contribution in [0, 0.1) is 19.8 Å². The third-order valence-electron chi connectivity index (χ3n) is 7.32. The van der Waals surface area contributed by atoms with Crippen LogP contribution in [-0.2, 0) is 6.54 Å². The Hall–Kier alpha value is -3.15. The lowest BCUT2D eigenvalue weighted by Crippen LogP contribution is -2.38. The van der Waals surface area contributed by atoms with Crippen molar-refractivity contribution in [2.45, 2.75) is 45.8 Å². The van der Waals surface area contributed by atoms with Gasteiger partial charge in [-0.15, -0.1) is 0 Å². The maximum Gasteiger partial charge on any atom is 0.163 e. The van der Waals surface area contributed by atoms with E-state index in [1.165, 1.54) is 5.56 Å². The van der Waals surface area contributed by atoms with Crippen LogP contribution in [0.5, 0.6) is 0 Å². The van der Waals surface area contributed by atoms with Crippen LogP contribution in [0.3, 0.4) is 0 Å². The number of hydrogen-bond acceptors (Lipinski definition) is 5. The topological polar surface area (TPSA) is 65.8 Å². The molecule has 0 radical (unpaired) electrons. The third-order valence-corrected chi connectivity index (χ3v) is 7.32. The lowest BCUT2D eigenvalue weighted by Gasteiger charge is -2.34. The first-order valence-electron chi connectivity index (χ1n) is 12.6. The molecular formula is C30H33N3O2. The first-order valence-corrected chi connectivity index (χ1v) is 12.6. The van der Waals surface area contributed by atoms with Gasteiger partial charge >= 0.3 is 0 Å². The number of aryl methyl sites for hydroxylation is 2. The molecule has 1 saturated heterocycles. The molecule has 0 bridgehead atoms. The lowest BCUT2D eigenvalue weighted by atomic mass is 9.89. The Morgan fingerprint density at radius 2 is 2.00 bits per heavy atom. The van der Waals surface area contributed by atoms with Crippen LogP contribution in [0.25, 0.3) is 0 Å². The van der Waals surface area contributed by atoms with Crippen molar-refractivity contribution < 1.29 is 9.90 Å². The molecule has 3 heterocycles. The molecule has 5 heteroatoms. The summed E-state index contributed by atoms with van der Waals surface area (Å²) in [5.74, 6) is 0.501. The summed E-state index contributed by atoms with van der Waals surface area (Å²) in [6.07, 6.45) is 3.95. The Bertz CT molecular complexity index is 1270. The number of β-amino-alcohol motifs (C(OH)–C–C–N with tert-alkyl or cyclic N) is 1. The molecule has 0 saturated carbocycles. The largest absolute Gasteiger partial charge is 0.387 e. The molecule has 0 spiro atoms. The van der Waals surface area contributed by atoms with Gasteiger partial charge in [0.15, 0.2) is 5.78 Å². The van der Waals surface area contributed by atoms with E-state index < -0.39 is 6.10 Å². The van der Waals surface area contributed by atoms with E-state index in [0.717, 1.165) is 65.2 Å². The highest BCUT2D eigenvalue weighted by Crippen LogP contribution is 2.28. The van der Waals surface area contributed by atoms with E-state index in [-0.39, 0.29) is 5.78 Å². The quantitative estimate of drug-likeness (QED) is 0.493. The van der Waals surface area contributed by atoms with Crippen LogP contribution in [-0.4, -0.2) is 46.1 Å². The Balaban J connectivity index is 1.24. The molecule has 2 aromatic carbocycles. The molecule has 1 fully saturated rings. The average Bonchev–Trinajstić information content (AvgIpc) is 3.28. The monoisotopic (exact) mass is 467 g/mol. The first-order chi connectivity index (χ1) is 17.0. The van der Waals surface area contributed by atoms with Crippen LogP contribution < -0.4 is 0 Å². The van der Waals surface area contributed by atoms with E-state index in [1.54, 1.807) is 0 Å². The minimum Gasteiger partial charge on any atom is -0.387 e. The SMILES string of the molecule is Cc1cc(C2=NCc3ccc(C(=O)C[C@@H]4CCCN(CC(O)c5ccccc5C)C4)cc32)ccn1. The molecule has 1 aromatic heterocycles. The van der Waals surface area contributed by atoms with Gasteiger partial charge in [-0.3, -0.25) is 14.8 Å². The average molecular weight is 468 g/mol. The molecule has 2 aliphatic heterocycles. The van der Waals surface area contributed by atoms with Gasteiger partial charge in [-0.05, 0) is 74.0 Å². The Kier molecular flexibility index (Phi) is 6.89. The lowest BCUT2D eigenvalue weighted by molar-refractivity contribution is 0.0757. The second-order valence-electron chi connectivity index (χ2n) is 9.99. The van der Waals surface area contributed by atoms with Crippen molar-refractivity contribution in [3.63, 3.8) is 0 Å². The number of piperidine rings is 1. The number of aromatic nitrogens is 1. The van der Waals surface area contributed by atoms with E-state index in [9.17, 15) is 9.90 Å². The number of pyridine rings is 1. The summed E-state index contributed by atoms with van der Waals surface area (Å²) in [4.78, 5) is 24.6. The second-order valence-corrected chi connectivity index (χ2v) is 9.99. The predicted octanol–water partition coefficient (Wildman–Crippen LogP) is 5.07. The van der Waals surface area contributed by atoms with E-state index in [2.05, 4.69) is 16.0 Å². The molecule has 5 rings (SSSR count). The Morgan fingerprint density at radius 1 is 1.14 bits per heavy atom. The van der Waals surface area contributed by atoms with E-state index in [1.807, 2.05) is 68.6 Å². The van der Waals surface area contributed by atoms with Gasteiger partial charge in [-0.25, -0.2) is 0 Å². The number of fused-ring (bicyclic) bond motifs is 1. The zero-order valence-corrected chi connectivity index (χ0v) is 20.6. The van der Waals surface area contributed by atoms with Crippen LogP contribution in [0.2, 0.25) is 0 Å². The number of aliphatic imine (C=N–C) groups is 1. The fourth-order valence-corrected chi connectivity index (χ4v) is 5.46. The summed E-state index contributed by atoms with van der Waals surface area (Å²) in [5, 5.41) is 10.8. The standard InChI is InChI=1S/C30H33N3O2/c1-20-6-3-4-8-26(20)29(35)19-33-13-5-7-22(18-33)15-28(34)23-9-10-25-17-32-30(27(25)16-23)24-11-12-31-21(2)14-24/h3-4,6,8-12,14,16,22,29,35H,5,7,13,15,17-19H2,1-2H3/t22-,29?/m0/s1. The van der Waals surface area contributed by atoms with Crippen LogP contribution in [0.4, 0.5) is 0 Å². The fourth-order valence-electron chi connectivity index (χ4n) is 5.46. The van der Waals surface area contributed by atoms with Crippen molar-refractivity contribution in [3.8, 4) is 0 Å². The highest BCUT2D eigenvalue weighted by molar-refractivity contribution is 6.16. The maximum absolute atomic E-state index is 13.3. The van der Waals surface area contributed by atoms with Gasteiger partial charge < -0.3 is 10.0 Å². The second kappa shape index (κ2) is 10.2. The minimum atomic E-state index is -0.503. The first kappa shape index (κ1) is 23.6. The van der Waals surface area contributed by atoms with Gasteiger partial charge in [0.1, 0.15) is 0 Å². The van der Waals surface area contributed by atoms with Gasteiger partial charge in [-0.1, -0.05) is 36.4 Å². The molecular weight excluding hydrogens is 434 g/mol. The number of likely N-dealkylation sites (tertiary alicyclic amines) is 1. The van der Waals surface area contributed by atoms with Crippen molar-refractivity contribution in [2.24, 2.45) is 10.9 Å². The van der Waals surface area contributed by atoms with Gasteiger partial charge in [0.2, 0.25) is 0 Å². The highest BCUT2D eigenvalue weighted by Gasteiger charge is 2.26. The predicted molar refractivity (Wildman–Crippen MR) is 139 cm³/mol. The molecule has 5 nitrogen and oxygen atoms in total. The normalized spacial score (nSPS) is 18.7. The number of hydrogen-bond donors (Lipinski definition) is 1. The third kappa shape index (κ3) is 5.26. The minimum absolute atomic E-state index is 0.191. The summed E-state index contributed by atoms with van der Waals surface area (Å²) in [6, 6.07) is 18.1. The number of ketones is 1. The number of aliphatic hydroxyl groups is 1. The molecule has 1 unspecified atom stereocenters. The van der Waals surface area contributed by atoms with Crippen molar-refractivity contribution in [1.29, 1.82) is 0 Å². The smallest absolute Gasteiger partial charge is 0.163 e. The van der Waals surface area contributed by atoms with Crippen LogP contribution in [0.15, 0.2) is 65.8 Å². The van der Waals surface area contributed by atoms with Crippen LogP contribution >= 0.6 is 0 Å². The maximum atomic E-state index is 13.3. The van der Waals surface area contributed by atoms with E-state index in [4.69, 9.17) is 4.99 Å². The number of nitrogens with zero attached hydrogens (tertiary/aromatic N) is 3. The molecule has 35 heavy (non-hydrogen) atoms. The Morgan fingerprint density at radius 3 is 2.83 bits per heavy atom. The number of carbonyl (C=O) groups is 1. The van der Waals surface area contributed by atoms with Gasteiger partial charge in [0, 0.05) is 48.1 Å². The van der Waals surface area contributed by atoms with Crippen LogP contribution in [0.1, 0.15) is 69.2 Å². The Labute approximate surface area is 207 Å². The van der Waals surface area contributed by atoms with Gasteiger partial charge in [0.25, 0.3) is 0 Å². The molecule has 3 aromatic rings. The molecule has 2 atom stereocenters. The molecule has 0 aliphatic carbocycles. The summed E-state index contributed by atoms with van der Waals surface area (Å²) >= 11 is 0. The van der Waals surface area contributed by atoms with E-state index in [0.29, 0.717) is 25.4 Å². The number of rotatable bonds is 7. The van der Waals surface area contributed by atoms with Gasteiger partial charge in [0.05, 0.1) is 18.4 Å². The van der Waals surface area contributed by atoms with Crippen molar-refractivity contribution in [3.05, 3.63) is 99.9 Å². The van der Waals surface area contributed by atoms with Gasteiger partial charge in [-0.2, -0.15) is 0 Å². The van der Waals surface area contributed by atoms with Crippen molar-refractivity contribution in [2.75, 3.05) is 19.6 Å². The summed E-state index contributed by atoms with van der Waals surface area (Å²) in [5.41, 5.74) is 8.07. The molecule has 2 aliphatic rings. The molecule has 1 N–H and O–H groups in total. The number of carbonyl (C=O) groups excluding carboxylic acids is 1. The number of Topliss-reactive ketones (excluding diaryl/α,β-unsaturated/α-hetero) is 1. The zero-order valence-electron chi connectivity index (χ0n) is 20.6. The summed E-state index contributed by atoms with van der Waals surface area (Å²) in [6.45, 7) is 7.10. The van der Waals surface area contributed by atoms with E-state index >= 15 is 0 Å². The van der Waals surface area contributed by atoms with Crippen molar-refractivity contribution in [1.82, 2.24) is 9.88 Å². The highest BCUT2D eigenvalue weighted by atomic mass is 16.3. The fraction of sp³-hybridized carbons (Fsp3) is 0.367. The molecule has 180 valence electrons. The van der Waals surface area contributed by atoms with Crippen molar-refractivity contribution >= 4 is 11.5 Å². The summed E-state index contributed by atoms with van der Waals surface area (Å²) < 4.78 is 0. The number of aliphatic hydroxyl groups excluding tert-OH is 1. The molecule has 0 amide bonds. The number of benzene rings is 2.